The Hall–Kier alpha value is -2.78. The molecule has 1 aliphatic rings. The van der Waals surface area contributed by atoms with Gasteiger partial charge in [0, 0.05) is 37.0 Å². The number of likely N-dealkylation sites (N-methyl/N-ethyl adjacent to an activating group) is 1. The van der Waals surface area contributed by atoms with E-state index in [2.05, 4.69) is 15.2 Å². The van der Waals surface area contributed by atoms with Crippen molar-refractivity contribution < 1.29 is 14.4 Å². The Kier molecular flexibility index (Phi) is 5.01. The van der Waals surface area contributed by atoms with Crippen molar-refractivity contribution in [3.05, 3.63) is 34.8 Å². The summed E-state index contributed by atoms with van der Waals surface area (Å²) in [7, 11) is 2.02. The molecule has 2 heterocycles. The number of fused-ring (bicyclic) bond motifs is 1. The molecule has 9 heteroatoms. The quantitative estimate of drug-likeness (QED) is 0.605. The normalized spacial score (nSPS) is 13.8. The average molecular weight is 373 g/mol. The lowest BCUT2D eigenvalue weighted by Crippen LogP contribution is -2.42. The number of hydrogen-bond donors (Lipinski definition) is 2. The third-order valence-electron chi connectivity index (χ3n) is 4.01. The molecule has 0 unspecified atom stereocenters. The number of imide groups is 1. The standard InChI is InChI=1S/C17H19N5O3S/c1-10(23)22(12-5-3-11(18)4-6-12)16(25)15(24)20-17-19-13-7-8-21(2)9-14(13)26-17/h3-6H,7-9,18H2,1-2H3,(H,19,20,24). The third kappa shape index (κ3) is 3.73. The molecule has 0 saturated carbocycles. The second kappa shape index (κ2) is 7.22. The van der Waals surface area contributed by atoms with E-state index in [1.807, 2.05) is 7.05 Å². The van der Waals surface area contributed by atoms with Crippen LogP contribution in [0.2, 0.25) is 0 Å². The van der Waals surface area contributed by atoms with E-state index in [0.717, 1.165) is 35.0 Å². The number of rotatable bonds is 2. The summed E-state index contributed by atoms with van der Waals surface area (Å²) in [5.41, 5.74) is 7.34. The monoisotopic (exact) mass is 373 g/mol. The fourth-order valence-corrected chi connectivity index (χ4v) is 3.78. The molecule has 0 atom stereocenters. The molecule has 3 N–H and O–H groups in total. The lowest BCUT2D eigenvalue weighted by Gasteiger charge is -2.20. The Bertz CT molecular complexity index is 862. The number of nitrogens with zero attached hydrogens (tertiary/aromatic N) is 3. The van der Waals surface area contributed by atoms with Gasteiger partial charge in [0.2, 0.25) is 5.91 Å². The summed E-state index contributed by atoms with van der Waals surface area (Å²) < 4.78 is 0. The van der Waals surface area contributed by atoms with Gasteiger partial charge in [0.15, 0.2) is 5.13 Å². The maximum Gasteiger partial charge on any atom is 0.323 e. The Balaban J connectivity index is 1.76. The summed E-state index contributed by atoms with van der Waals surface area (Å²) in [4.78, 5) is 45.2. The van der Waals surface area contributed by atoms with Gasteiger partial charge in [0.05, 0.1) is 11.4 Å². The fraction of sp³-hybridized carbons (Fsp3) is 0.294. The summed E-state index contributed by atoms with van der Waals surface area (Å²) in [6.07, 6.45) is 0.803. The van der Waals surface area contributed by atoms with Crippen molar-refractivity contribution in [2.45, 2.75) is 19.9 Å². The van der Waals surface area contributed by atoms with Crippen molar-refractivity contribution in [3.63, 3.8) is 0 Å². The molecular formula is C17H19N5O3S. The lowest BCUT2D eigenvalue weighted by atomic mass is 10.2. The molecule has 1 aromatic heterocycles. The van der Waals surface area contributed by atoms with Gasteiger partial charge >= 0.3 is 11.8 Å². The maximum atomic E-state index is 12.5. The molecule has 8 nitrogen and oxygen atoms in total. The number of carbonyl (C=O) groups is 3. The summed E-state index contributed by atoms with van der Waals surface area (Å²) >= 11 is 1.35. The van der Waals surface area contributed by atoms with Crippen LogP contribution >= 0.6 is 11.3 Å². The van der Waals surface area contributed by atoms with E-state index in [0.29, 0.717) is 10.8 Å². The largest absolute Gasteiger partial charge is 0.399 e. The number of aromatic nitrogens is 1. The van der Waals surface area contributed by atoms with Crippen molar-refractivity contribution in [2.24, 2.45) is 0 Å². The van der Waals surface area contributed by atoms with Gasteiger partial charge in [-0.05, 0) is 31.3 Å². The van der Waals surface area contributed by atoms with Crippen LogP contribution in [0.25, 0.3) is 0 Å². The van der Waals surface area contributed by atoms with Crippen LogP contribution in [0.5, 0.6) is 0 Å². The SMILES string of the molecule is CC(=O)N(C(=O)C(=O)Nc1nc2c(s1)CN(C)CC2)c1ccc(N)cc1. The first kappa shape index (κ1) is 18.0. The number of nitrogen functional groups attached to an aromatic ring is 1. The topological polar surface area (TPSA) is 109 Å². The summed E-state index contributed by atoms with van der Waals surface area (Å²) in [5, 5.41) is 2.88. The number of nitrogens with two attached hydrogens (primary N) is 1. The molecule has 26 heavy (non-hydrogen) atoms. The van der Waals surface area contributed by atoms with Crippen molar-refractivity contribution in [2.75, 3.05) is 29.5 Å². The van der Waals surface area contributed by atoms with Gasteiger partial charge in [-0.15, -0.1) is 11.3 Å². The second-order valence-electron chi connectivity index (χ2n) is 6.08. The molecular weight excluding hydrogens is 354 g/mol. The van der Waals surface area contributed by atoms with Crippen molar-refractivity contribution in [1.82, 2.24) is 9.88 Å². The molecule has 3 rings (SSSR count). The van der Waals surface area contributed by atoms with Gasteiger partial charge in [-0.1, -0.05) is 0 Å². The number of carbonyl (C=O) groups excluding carboxylic acids is 3. The molecule has 0 bridgehead atoms. The molecule has 2 aromatic rings. The van der Waals surface area contributed by atoms with Gasteiger partial charge in [0.25, 0.3) is 0 Å². The van der Waals surface area contributed by atoms with Crippen molar-refractivity contribution in [1.29, 1.82) is 0 Å². The fourth-order valence-electron chi connectivity index (χ4n) is 2.69. The van der Waals surface area contributed by atoms with Crippen molar-refractivity contribution in [3.8, 4) is 0 Å². The van der Waals surface area contributed by atoms with Crippen LogP contribution in [0.1, 0.15) is 17.5 Å². The molecule has 3 amide bonds. The highest BCUT2D eigenvalue weighted by atomic mass is 32.1. The highest BCUT2D eigenvalue weighted by Crippen LogP contribution is 2.28. The zero-order chi connectivity index (χ0) is 18.8. The Morgan fingerprint density at radius 3 is 2.62 bits per heavy atom. The Morgan fingerprint density at radius 2 is 1.96 bits per heavy atom. The highest BCUT2D eigenvalue weighted by molar-refractivity contribution is 7.16. The van der Waals surface area contributed by atoms with Crippen LogP contribution in [-0.2, 0) is 27.3 Å². The first-order valence-electron chi connectivity index (χ1n) is 8.04. The number of thiazole rings is 1. The minimum absolute atomic E-state index is 0.284. The molecule has 0 saturated heterocycles. The number of hydrogen-bond acceptors (Lipinski definition) is 7. The van der Waals surface area contributed by atoms with E-state index in [9.17, 15) is 14.4 Å². The van der Waals surface area contributed by atoms with Crippen LogP contribution in [0.15, 0.2) is 24.3 Å². The van der Waals surface area contributed by atoms with Gasteiger partial charge < -0.3 is 10.6 Å². The van der Waals surface area contributed by atoms with E-state index in [1.165, 1.54) is 30.4 Å². The average Bonchev–Trinajstić information content (AvgIpc) is 2.97. The molecule has 136 valence electrons. The minimum atomic E-state index is -0.965. The van der Waals surface area contributed by atoms with E-state index in [1.54, 1.807) is 12.1 Å². The maximum absolute atomic E-state index is 12.5. The van der Waals surface area contributed by atoms with E-state index >= 15 is 0 Å². The number of amides is 3. The molecule has 0 aliphatic carbocycles. The predicted octanol–water partition coefficient (Wildman–Crippen LogP) is 1.23. The molecule has 0 radical (unpaired) electrons. The zero-order valence-corrected chi connectivity index (χ0v) is 15.3. The number of benzene rings is 1. The van der Waals surface area contributed by atoms with Crippen LogP contribution in [0, 0.1) is 0 Å². The third-order valence-corrected chi connectivity index (χ3v) is 5.00. The van der Waals surface area contributed by atoms with E-state index in [-0.39, 0.29) is 5.69 Å². The number of anilines is 3. The number of nitrogens with one attached hydrogen (secondary N) is 1. The van der Waals surface area contributed by atoms with E-state index < -0.39 is 17.7 Å². The zero-order valence-electron chi connectivity index (χ0n) is 14.5. The lowest BCUT2D eigenvalue weighted by molar-refractivity contribution is -0.136. The smallest absolute Gasteiger partial charge is 0.323 e. The first-order chi connectivity index (χ1) is 12.3. The van der Waals surface area contributed by atoms with E-state index in [4.69, 9.17) is 5.73 Å². The molecule has 1 aliphatic heterocycles. The Labute approximate surface area is 154 Å². The first-order valence-corrected chi connectivity index (χ1v) is 8.85. The van der Waals surface area contributed by atoms with Gasteiger partial charge in [-0.3, -0.25) is 19.7 Å². The van der Waals surface area contributed by atoms with Crippen LogP contribution < -0.4 is 16.0 Å². The summed E-state index contributed by atoms with van der Waals surface area (Å²) in [6.45, 7) is 2.89. The van der Waals surface area contributed by atoms with Crippen LogP contribution in [0.4, 0.5) is 16.5 Å². The molecule has 0 spiro atoms. The van der Waals surface area contributed by atoms with Crippen LogP contribution in [-0.4, -0.2) is 41.2 Å². The van der Waals surface area contributed by atoms with Crippen molar-refractivity contribution >= 4 is 45.6 Å². The van der Waals surface area contributed by atoms with Gasteiger partial charge in [-0.25, -0.2) is 9.88 Å². The molecule has 1 aromatic carbocycles. The predicted molar refractivity (Wildman–Crippen MR) is 99.8 cm³/mol. The Morgan fingerprint density at radius 1 is 1.27 bits per heavy atom. The van der Waals surface area contributed by atoms with Crippen LogP contribution in [0.3, 0.4) is 0 Å². The summed E-state index contributed by atoms with van der Waals surface area (Å²) in [6, 6.07) is 6.14. The van der Waals surface area contributed by atoms with Gasteiger partial charge in [-0.2, -0.15) is 0 Å². The van der Waals surface area contributed by atoms with Gasteiger partial charge in [0.1, 0.15) is 0 Å². The minimum Gasteiger partial charge on any atom is -0.399 e. The second-order valence-corrected chi connectivity index (χ2v) is 7.17. The highest BCUT2D eigenvalue weighted by Gasteiger charge is 2.28. The summed E-state index contributed by atoms with van der Waals surface area (Å²) in [5.74, 6) is -2.43. The molecule has 0 fully saturated rings.